The minimum Gasteiger partial charge on any atom is -0.480 e. The van der Waals surface area contributed by atoms with E-state index in [4.69, 9.17) is 10.8 Å². The van der Waals surface area contributed by atoms with Crippen molar-refractivity contribution in [2.45, 2.75) is 69.3 Å². The Morgan fingerprint density at radius 1 is 1.13 bits per heavy atom. The van der Waals surface area contributed by atoms with E-state index in [2.05, 4.69) is 33.9 Å². The standard InChI is InChI=1S/C18H33N5O6S/c1-10(24)14(23-15(25)11-6-4-8-20-11)17(27)21-12(5-2-3-7-19)16(26)22-13(9-30)18(28)29/h10-14,20,24,30H,2-9,19H2,1H3,(H,21,27)(H,22,26)(H,23,25)(H,28,29). The van der Waals surface area contributed by atoms with Gasteiger partial charge < -0.3 is 37.2 Å². The molecule has 0 saturated carbocycles. The van der Waals surface area contributed by atoms with Crippen LogP contribution in [0.25, 0.3) is 0 Å². The number of aliphatic hydroxyl groups excluding tert-OH is 1. The molecule has 0 bridgehead atoms. The fraction of sp³-hybridized carbons (Fsp3) is 0.778. The number of carboxylic acid groups (broad SMARTS) is 1. The second-order valence-corrected chi connectivity index (χ2v) is 7.67. The van der Waals surface area contributed by atoms with Crippen molar-refractivity contribution in [2.24, 2.45) is 5.73 Å². The second kappa shape index (κ2) is 13.4. The highest BCUT2D eigenvalue weighted by atomic mass is 32.1. The van der Waals surface area contributed by atoms with Crippen molar-refractivity contribution < 1.29 is 29.4 Å². The Balaban J connectivity index is 2.83. The van der Waals surface area contributed by atoms with E-state index in [9.17, 15) is 24.3 Å². The van der Waals surface area contributed by atoms with Crippen LogP contribution in [0.3, 0.4) is 0 Å². The number of amides is 3. The van der Waals surface area contributed by atoms with E-state index >= 15 is 0 Å². The molecule has 0 aromatic rings. The van der Waals surface area contributed by atoms with E-state index in [1.54, 1.807) is 0 Å². The van der Waals surface area contributed by atoms with Crippen LogP contribution in [0.5, 0.6) is 0 Å². The number of carbonyl (C=O) groups is 4. The fourth-order valence-corrected chi connectivity index (χ4v) is 3.30. The van der Waals surface area contributed by atoms with E-state index in [1.807, 2.05) is 0 Å². The summed E-state index contributed by atoms with van der Waals surface area (Å²) in [6.07, 6.45) is 1.61. The lowest BCUT2D eigenvalue weighted by Crippen LogP contribution is -2.59. The summed E-state index contributed by atoms with van der Waals surface area (Å²) in [5, 5.41) is 29.5. The highest BCUT2D eigenvalue weighted by Crippen LogP contribution is 2.07. The van der Waals surface area contributed by atoms with Gasteiger partial charge in [-0.2, -0.15) is 12.6 Å². The Labute approximate surface area is 181 Å². The number of thiol groups is 1. The van der Waals surface area contributed by atoms with Gasteiger partial charge in [-0.05, 0) is 52.1 Å². The van der Waals surface area contributed by atoms with Crippen molar-refractivity contribution in [3.8, 4) is 0 Å². The third kappa shape index (κ3) is 8.46. The van der Waals surface area contributed by atoms with Crippen molar-refractivity contribution >= 4 is 36.3 Å². The molecule has 1 aliphatic rings. The lowest BCUT2D eigenvalue weighted by Gasteiger charge is -2.26. The number of carbonyl (C=O) groups excluding carboxylic acids is 3. The molecule has 1 aliphatic heterocycles. The first-order valence-corrected chi connectivity index (χ1v) is 10.7. The van der Waals surface area contributed by atoms with Crippen LogP contribution >= 0.6 is 12.6 Å². The molecule has 11 nitrogen and oxygen atoms in total. The lowest BCUT2D eigenvalue weighted by atomic mass is 10.1. The molecule has 5 unspecified atom stereocenters. The van der Waals surface area contributed by atoms with E-state index in [0.29, 0.717) is 32.4 Å². The zero-order valence-corrected chi connectivity index (χ0v) is 18.0. The number of nitrogens with two attached hydrogens (primary N) is 1. The Hall–Kier alpha value is -1.89. The number of carboxylic acids is 1. The molecule has 1 rings (SSSR count). The maximum absolute atomic E-state index is 12.7. The third-order valence-electron chi connectivity index (χ3n) is 4.82. The van der Waals surface area contributed by atoms with Crippen molar-refractivity contribution in [3.63, 3.8) is 0 Å². The van der Waals surface area contributed by atoms with Gasteiger partial charge in [0.05, 0.1) is 12.1 Å². The minimum absolute atomic E-state index is 0.120. The van der Waals surface area contributed by atoms with Crippen LogP contribution in [0.15, 0.2) is 0 Å². The Morgan fingerprint density at radius 3 is 2.30 bits per heavy atom. The third-order valence-corrected chi connectivity index (χ3v) is 5.18. The summed E-state index contributed by atoms with van der Waals surface area (Å²) in [6.45, 7) is 2.46. The molecule has 3 amide bonds. The number of nitrogens with one attached hydrogen (secondary N) is 4. The van der Waals surface area contributed by atoms with Crippen molar-refractivity contribution in [3.05, 3.63) is 0 Å². The predicted molar refractivity (Wildman–Crippen MR) is 113 cm³/mol. The first kappa shape index (κ1) is 26.1. The molecule has 12 heteroatoms. The molecular weight excluding hydrogens is 414 g/mol. The molecule has 172 valence electrons. The van der Waals surface area contributed by atoms with Crippen molar-refractivity contribution in [1.29, 1.82) is 0 Å². The van der Waals surface area contributed by atoms with Crippen LogP contribution in [-0.2, 0) is 19.2 Å². The highest BCUT2D eigenvalue weighted by Gasteiger charge is 2.33. The summed E-state index contributed by atoms with van der Waals surface area (Å²) in [5.74, 6) is -3.19. The van der Waals surface area contributed by atoms with Gasteiger partial charge in [0.25, 0.3) is 0 Å². The Morgan fingerprint density at radius 2 is 1.80 bits per heavy atom. The molecular formula is C18H33N5O6S. The van der Waals surface area contributed by atoms with Gasteiger partial charge in [0.2, 0.25) is 17.7 Å². The number of aliphatic carboxylic acids is 1. The minimum atomic E-state index is -1.26. The molecule has 1 fully saturated rings. The molecule has 8 N–H and O–H groups in total. The number of hydrogen-bond donors (Lipinski definition) is 8. The first-order chi connectivity index (χ1) is 14.2. The SMILES string of the molecule is CC(O)C(NC(=O)C1CCCN1)C(=O)NC(CCCCN)C(=O)NC(CS)C(=O)O. The maximum atomic E-state index is 12.7. The van der Waals surface area contributed by atoms with Crippen molar-refractivity contribution in [1.82, 2.24) is 21.3 Å². The number of rotatable bonds is 13. The van der Waals surface area contributed by atoms with Gasteiger partial charge in [0.1, 0.15) is 18.1 Å². The molecule has 0 radical (unpaired) electrons. The zero-order valence-electron chi connectivity index (χ0n) is 17.1. The highest BCUT2D eigenvalue weighted by molar-refractivity contribution is 7.80. The van der Waals surface area contributed by atoms with Crippen LogP contribution in [0.2, 0.25) is 0 Å². The van der Waals surface area contributed by atoms with Crippen LogP contribution in [0.1, 0.15) is 39.0 Å². The van der Waals surface area contributed by atoms with Gasteiger partial charge in [0.15, 0.2) is 0 Å². The molecule has 30 heavy (non-hydrogen) atoms. The molecule has 5 atom stereocenters. The normalized spacial score (nSPS) is 19.9. The van der Waals surface area contributed by atoms with E-state index in [-0.39, 0.29) is 12.2 Å². The average Bonchev–Trinajstić information content (AvgIpc) is 3.23. The van der Waals surface area contributed by atoms with Crippen LogP contribution in [-0.4, -0.2) is 83.0 Å². The molecule has 0 aromatic carbocycles. The molecule has 0 aromatic heterocycles. The largest absolute Gasteiger partial charge is 0.480 e. The summed E-state index contributed by atoms with van der Waals surface area (Å²) in [5.41, 5.74) is 5.47. The second-order valence-electron chi connectivity index (χ2n) is 7.30. The summed E-state index contributed by atoms with van der Waals surface area (Å²) >= 11 is 3.91. The Bertz CT molecular complexity index is 600. The van der Waals surface area contributed by atoms with E-state index in [1.165, 1.54) is 6.92 Å². The van der Waals surface area contributed by atoms with Crippen LogP contribution in [0, 0.1) is 0 Å². The monoisotopic (exact) mass is 447 g/mol. The van der Waals surface area contributed by atoms with Crippen molar-refractivity contribution in [2.75, 3.05) is 18.8 Å². The number of aliphatic hydroxyl groups is 1. The molecule has 0 spiro atoms. The number of unbranched alkanes of at least 4 members (excludes halogenated alkanes) is 1. The van der Waals surface area contributed by atoms with Crippen LogP contribution < -0.4 is 27.0 Å². The smallest absolute Gasteiger partial charge is 0.327 e. The average molecular weight is 448 g/mol. The predicted octanol–water partition coefficient (Wildman–Crippen LogP) is -2.28. The summed E-state index contributed by atoms with van der Waals surface area (Å²) in [6, 6.07) is -3.96. The zero-order chi connectivity index (χ0) is 22.7. The molecule has 1 heterocycles. The summed E-state index contributed by atoms with van der Waals surface area (Å²) < 4.78 is 0. The van der Waals surface area contributed by atoms with Gasteiger partial charge in [-0.15, -0.1) is 0 Å². The van der Waals surface area contributed by atoms with Crippen LogP contribution in [0.4, 0.5) is 0 Å². The van der Waals surface area contributed by atoms with Gasteiger partial charge in [-0.3, -0.25) is 14.4 Å². The van der Waals surface area contributed by atoms with E-state index < -0.39 is 54.0 Å². The molecule has 0 aliphatic carbocycles. The first-order valence-electron chi connectivity index (χ1n) is 10.1. The topological polar surface area (TPSA) is 183 Å². The molecule has 1 saturated heterocycles. The maximum Gasteiger partial charge on any atom is 0.327 e. The number of hydrogen-bond acceptors (Lipinski definition) is 8. The van der Waals surface area contributed by atoms with Gasteiger partial charge in [0, 0.05) is 5.75 Å². The summed E-state index contributed by atoms with van der Waals surface area (Å²) in [7, 11) is 0. The van der Waals surface area contributed by atoms with E-state index in [0.717, 1.165) is 6.42 Å². The quantitative estimate of drug-likeness (QED) is 0.115. The van der Waals surface area contributed by atoms with Gasteiger partial charge in [-0.25, -0.2) is 4.79 Å². The van der Waals surface area contributed by atoms with Gasteiger partial charge in [-0.1, -0.05) is 0 Å². The fourth-order valence-electron chi connectivity index (χ4n) is 3.05. The summed E-state index contributed by atoms with van der Waals surface area (Å²) in [4.78, 5) is 48.8. The Kier molecular flexibility index (Phi) is 11.7. The van der Waals surface area contributed by atoms with Gasteiger partial charge >= 0.3 is 5.97 Å². The lowest BCUT2D eigenvalue weighted by molar-refractivity contribution is -0.141.